The highest BCUT2D eigenvalue weighted by molar-refractivity contribution is 6.33. The number of halogens is 2. The van der Waals surface area contributed by atoms with Crippen LogP contribution < -0.4 is 4.90 Å². The molecule has 0 aliphatic carbocycles. The lowest BCUT2D eigenvalue weighted by molar-refractivity contribution is 0.381. The Hall–Kier alpha value is -1.87. The van der Waals surface area contributed by atoms with Crippen LogP contribution in [0.1, 0.15) is 51.2 Å². The van der Waals surface area contributed by atoms with Gasteiger partial charge in [-0.1, -0.05) is 24.6 Å². The molecule has 25 heavy (non-hydrogen) atoms. The fraction of sp³-hybridized carbons (Fsp3) is 0.381. The standard InChI is InChI=1S/C21H24ClFN2/c1-5-25-20-11-19(22)15(9-18(20)14(2)12-21(25,3)4)13-24-17-8-6-7-16(23)10-17/h6-11,13-14H,5,12H2,1-4H3. The number of rotatable bonds is 3. The maximum Gasteiger partial charge on any atom is 0.125 e. The van der Waals surface area contributed by atoms with Crippen LogP contribution in [0.2, 0.25) is 5.02 Å². The predicted octanol–water partition coefficient (Wildman–Crippen LogP) is 6.34. The molecule has 132 valence electrons. The van der Waals surface area contributed by atoms with E-state index < -0.39 is 0 Å². The van der Waals surface area contributed by atoms with Gasteiger partial charge < -0.3 is 4.90 Å². The molecule has 1 atom stereocenters. The number of hydrogen-bond acceptors (Lipinski definition) is 2. The monoisotopic (exact) mass is 358 g/mol. The second-order valence-corrected chi connectivity index (χ2v) is 7.74. The number of hydrogen-bond donors (Lipinski definition) is 0. The molecule has 2 nitrogen and oxygen atoms in total. The molecule has 0 radical (unpaired) electrons. The minimum Gasteiger partial charge on any atom is -0.366 e. The summed E-state index contributed by atoms with van der Waals surface area (Å²) in [6.07, 6.45) is 2.82. The fourth-order valence-corrected chi connectivity index (χ4v) is 4.13. The van der Waals surface area contributed by atoms with E-state index in [4.69, 9.17) is 11.6 Å². The summed E-state index contributed by atoms with van der Waals surface area (Å²) in [7, 11) is 0. The van der Waals surface area contributed by atoms with Crippen LogP contribution >= 0.6 is 11.6 Å². The Kier molecular flexibility index (Phi) is 4.88. The highest BCUT2D eigenvalue weighted by atomic mass is 35.5. The van der Waals surface area contributed by atoms with E-state index in [0.717, 1.165) is 18.5 Å². The fourth-order valence-electron chi connectivity index (χ4n) is 3.92. The Bertz CT molecular complexity index is 814. The quantitative estimate of drug-likeness (QED) is 0.584. The Morgan fingerprint density at radius 3 is 2.76 bits per heavy atom. The van der Waals surface area contributed by atoms with E-state index in [0.29, 0.717) is 16.6 Å². The Morgan fingerprint density at radius 2 is 2.08 bits per heavy atom. The normalized spacial score (nSPS) is 19.3. The molecule has 0 saturated heterocycles. The van der Waals surface area contributed by atoms with Gasteiger partial charge in [-0.15, -0.1) is 0 Å². The maximum absolute atomic E-state index is 13.3. The second kappa shape index (κ2) is 6.80. The molecule has 1 aliphatic heterocycles. The third-order valence-corrected chi connectivity index (χ3v) is 5.31. The van der Waals surface area contributed by atoms with Gasteiger partial charge in [0.1, 0.15) is 5.82 Å². The summed E-state index contributed by atoms with van der Waals surface area (Å²) in [6.45, 7) is 9.94. The summed E-state index contributed by atoms with van der Waals surface area (Å²) in [5.74, 6) is 0.159. The summed E-state index contributed by atoms with van der Waals surface area (Å²) < 4.78 is 13.3. The average Bonchev–Trinajstić information content (AvgIpc) is 2.53. The highest BCUT2D eigenvalue weighted by Crippen LogP contribution is 2.44. The van der Waals surface area contributed by atoms with E-state index in [1.165, 1.54) is 23.4 Å². The van der Waals surface area contributed by atoms with E-state index in [9.17, 15) is 4.39 Å². The first-order valence-electron chi connectivity index (χ1n) is 8.72. The van der Waals surface area contributed by atoms with Gasteiger partial charge in [0, 0.05) is 29.5 Å². The molecule has 2 aromatic carbocycles. The minimum absolute atomic E-state index is 0.113. The minimum atomic E-state index is -0.291. The lowest BCUT2D eigenvalue weighted by Crippen LogP contribution is -2.48. The van der Waals surface area contributed by atoms with Gasteiger partial charge in [0.05, 0.1) is 10.7 Å². The van der Waals surface area contributed by atoms with Crippen molar-refractivity contribution in [1.82, 2.24) is 0 Å². The number of nitrogens with zero attached hydrogens (tertiary/aromatic N) is 2. The summed E-state index contributed by atoms with van der Waals surface area (Å²) in [6, 6.07) is 10.4. The highest BCUT2D eigenvalue weighted by Gasteiger charge is 2.35. The first kappa shape index (κ1) is 17.9. The molecule has 1 aliphatic rings. The Balaban J connectivity index is 2.00. The van der Waals surface area contributed by atoms with Crippen molar-refractivity contribution in [3.05, 3.63) is 58.4 Å². The number of anilines is 1. The molecule has 1 unspecified atom stereocenters. The Morgan fingerprint density at radius 1 is 1.32 bits per heavy atom. The van der Waals surface area contributed by atoms with Crippen LogP contribution in [0.5, 0.6) is 0 Å². The summed E-state index contributed by atoms with van der Waals surface area (Å²) >= 11 is 6.53. The molecule has 0 N–H and O–H groups in total. The molecule has 0 bridgehead atoms. The van der Waals surface area contributed by atoms with Crippen molar-refractivity contribution < 1.29 is 4.39 Å². The first-order chi connectivity index (χ1) is 11.8. The topological polar surface area (TPSA) is 15.6 Å². The summed E-state index contributed by atoms with van der Waals surface area (Å²) in [5.41, 5.74) is 4.07. The predicted molar refractivity (Wildman–Crippen MR) is 105 cm³/mol. The summed E-state index contributed by atoms with van der Waals surface area (Å²) in [5, 5.41) is 0.669. The van der Waals surface area contributed by atoms with Gasteiger partial charge in [-0.25, -0.2) is 4.39 Å². The van der Waals surface area contributed by atoms with Crippen molar-refractivity contribution in [2.24, 2.45) is 4.99 Å². The van der Waals surface area contributed by atoms with E-state index in [1.807, 2.05) is 6.07 Å². The smallest absolute Gasteiger partial charge is 0.125 e. The number of aliphatic imine (C=N–C) groups is 1. The van der Waals surface area contributed by atoms with E-state index >= 15 is 0 Å². The van der Waals surface area contributed by atoms with Gasteiger partial charge in [-0.3, -0.25) is 4.99 Å². The van der Waals surface area contributed by atoms with Crippen LogP contribution in [-0.2, 0) is 0 Å². The average molecular weight is 359 g/mol. The lowest BCUT2D eigenvalue weighted by atomic mass is 9.79. The zero-order valence-electron chi connectivity index (χ0n) is 15.2. The van der Waals surface area contributed by atoms with Gasteiger partial charge in [-0.05, 0) is 69.0 Å². The van der Waals surface area contributed by atoms with Gasteiger partial charge in [0.15, 0.2) is 0 Å². The van der Waals surface area contributed by atoms with Crippen molar-refractivity contribution in [2.75, 3.05) is 11.4 Å². The van der Waals surface area contributed by atoms with Gasteiger partial charge in [0.2, 0.25) is 0 Å². The van der Waals surface area contributed by atoms with Crippen LogP contribution in [0.3, 0.4) is 0 Å². The molecule has 0 amide bonds. The molecule has 3 rings (SSSR count). The largest absolute Gasteiger partial charge is 0.366 e. The van der Waals surface area contributed by atoms with Crippen molar-refractivity contribution in [1.29, 1.82) is 0 Å². The first-order valence-corrected chi connectivity index (χ1v) is 9.10. The van der Waals surface area contributed by atoms with E-state index in [2.05, 4.69) is 43.7 Å². The molecule has 0 aromatic heterocycles. The van der Waals surface area contributed by atoms with Gasteiger partial charge >= 0.3 is 0 Å². The molecule has 1 heterocycles. The third kappa shape index (κ3) is 3.57. The lowest BCUT2D eigenvalue weighted by Gasteiger charge is -2.47. The molecule has 4 heteroatoms. The molecule has 0 spiro atoms. The Labute approximate surface area is 154 Å². The van der Waals surface area contributed by atoms with Gasteiger partial charge in [0.25, 0.3) is 0 Å². The number of fused-ring (bicyclic) bond motifs is 1. The zero-order valence-corrected chi connectivity index (χ0v) is 15.9. The zero-order chi connectivity index (χ0) is 18.2. The van der Waals surface area contributed by atoms with E-state index in [1.54, 1.807) is 18.3 Å². The molecule has 0 saturated carbocycles. The molecule has 2 aromatic rings. The SMILES string of the molecule is CCN1c2cc(Cl)c(C=Nc3cccc(F)c3)cc2C(C)CC1(C)C. The van der Waals surface area contributed by atoms with Crippen molar-refractivity contribution in [3.8, 4) is 0 Å². The molecular formula is C21H24ClFN2. The molecule has 0 fully saturated rings. The van der Waals surface area contributed by atoms with Crippen molar-refractivity contribution >= 4 is 29.2 Å². The van der Waals surface area contributed by atoms with E-state index in [-0.39, 0.29) is 11.4 Å². The van der Waals surface area contributed by atoms with Crippen LogP contribution in [-0.4, -0.2) is 18.3 Å². The van der Waals surface area contributed by atoms with Crippen LogP contribution in [0.25, 0.3) is 0 Å². The van der Waals surface area contributed by atoms with Crippen LogP contribution in [0.15, 0.2) is 41.4 Å². The van der Waals surface area contributed by atoms with Crippen LogP contribution in [0.4, 0.5) is 15.8 Å². The van der Waals surface area contributed by atoms with Crippen molar-refractivity contribution in [3.63, 3.8) is 0 Å². The van der Waals surface area contributed by atoms with Crippen molar-refractivity contribution in [2.45, 2.75) is 45.6 Å². The maximum atomic E-state index is 13.3. The molecular weight excluding hydrogens is 335 g/mol. The second-order valence-electron chi connectivity index (χ2n) is 7.33. The van der Waals surface area contributed by atoms with Gasteiger partial charge in [-0.2, -0.15) is 0 Å². The summed E-state index contributed by atoms with van der Waals surface area (Å²) in [4.78, 5) is 6.80. The number of benzene rings is 2. The third-order valence-electron chi connectivity index (χ3n) is 4.98. The van der Waals surface area contributed by atoms with Crippen LogP contribution in [0, 0.1) is 5.82 Å².